The number of rotatable bonds is 2. The molecule has 6 heteroatoms. The summed E-state index contributed by atoms with van der Waals surface area (Å²) in [4.78, 5) is 11.3. The summed E-state index contributed by atoms with van der Waals surface area (Å²) in [7, 11) is 0. The lowest BCUT2D eigenvalue weighted by molar-refractivity contribution is -0.115. The van der Waals surface area contributed by atoms with E-state index >= 15 is 0 Å². The average molecular weight is 275 g/mol. The van der Waals surface area contributed by atoms with E-state index in [1.807, 2.05) is 0 Å². The van der Waals surface area contributed by atoms with Gasteiger partial charge in [0, 0.05) is 11.8 Å². The smallest absolute Gasteiger partial charge is 0.228 e. The largest absolute Gasteiger partial charge is 0.397 e. The molecule has 1 aliphatic rings. The van der Waals surface area contributed by atoms with Crippen molar-refractivity contribution in [2.24, 2.45) is 0 Å². The van der Waals surface area contributed by atoms with Crippen LogP contribution in [-0.4, -0.2) is 5.91 Å². The van der Waals surface area contributed by atoms with Crippen molar-refractivity contribution in [3.05, 3.63) is 47.5 Å². The van der Waals surface area contributed by atoms with Gasteiger partial charge in [0.2, 0.25) is 5.91 Å². The first-order valence-corrected chi connectivity index (χ1v) is 5.97. The van der Waals surface area contributed by atoms with E-state index in [1.54, 1.807) is 12.1 Å². The molecule has 0 aliphatic carbocycles. The minimum absolute atomic E-state index is 0.0130. The van der Waals surface area contributed by atoms with Crippen molar-refractivity contribution in [1.82, 2.24) is 0 Å². The van der Waals surface area contributed by atoms with Crippen molar-refractivity contribution in [1.29, 1.82) is 0 Å². The number of benzene rings is 2. The number of hydrogen-bond acceptors (Lipinski definition) is 3. The quantitative estimate of drug-likeness (QED) is 0.738. The first-order chi connectivity index (χ1) is 9.52. The summed E-state index contributed by atoms with van der Waals surface area (Å²) in [5, 5.41) is 5.41. The maximum atomic E-state index is 13.6. The number of anilines is 4. The predicted molar refractivity (Wildman–Crippen MR) is 72.8 cm³/mol. The number of hydrogen-bond donors (Lipinski definition) is 3. The molecule has 1 aliphatic heterocycles. The third-order valence-corrected chi connectivity index (χ3v) is 3.10. The van der Waals surface area contributed by atoms with Crippen LogP contribution in [0.1, 0.15) is 5.56 Å². The van der Waals surface area contributed by atoms with Crippen LogP contribution in [-0.2, 0) is 11.2 Å². The Kier molecular flexibility index (Phi) is 2.78. The van der Waals surface area contributed by atoms with E-state index in [4.69, 9.17) is 5.73 Å². The van der Waals surface area contributed by atoms with Gasteiger partial charge in [0.25, 0.3) is 0 Å². The summed E-state index contributed by atoms with van der Waals surface area (Å²) in [6.45, 7) is 0. The molecular formula is C14H11F2N3O. The van der Waals surface area contributed by atoms with Crippen LogP contribution in [0.25, 0.3) is 0 Å². The number of nitrogen functional groups attached to an aromatic ring is 1. The number of amides is 1. The summed E-state index contributed by atoms with van der Waals surface area (Å²) in [6.07, 6.45) is 0.272. The van der Waals surface area contributed by atoms with E-state index in [9.17, 15) is 13.6 Å². The van der Waals surface area contributed by atoms with Gasteiger partial charge in [-0.1, -0.05) is 0 Å². The molecule has 2 aromatic carbocycles. The number of nitrogens with two attached hydrogens (primary N) is 1. The van der Waals surface area contributed by atoms with Gasteiger partial charge in [-0.25, -0.2) is 8.78 Å². The Labute approximate surface area is 113 Å². The maximum absolute atomic E-state index is 13.6. The number of nitrogens with one attached hydrogen (secondary N) is 2. The van der Waals surface area contributed by atoms with E-state index in [2.05, 4.69) is 10.6 Å². The summed E-state index contributed by atoms with van der Waals surface area (Å²) in [6, 6.07) is 6.36. The van der Waals surface area contributed by atoms with Crippen molar-refractivity contribution < 1.29 is 13.6 Å². The molecule has 102 valence electrons. The molecule has 0 unspecified atom stereocenters. The molecule has 20 heavy (non-hydrogen) atoms. The average Bonchev–Trinajstić information content (AvgIpc) is 2.73. The fourth-order valence-electron chi connectivity index (χ4n) is 2.14. The Bertz CT molecular complexity index is 716. The molecule has 0 atom stereocenters. The van der Waals surface area contributed by atoms with E-state index in [-0.39, 0.29) is 18.0 Å². The zero-order valence-electron chi connectivity index (χ0n) is 10.3. The van der Waals surface area contributed by atoms with Gasteiger partial charge >= 0.3 is 0 Å². The van der Waals surface area contributed by atoms with Crippen LogP contribution in [0, 0.1) is 11.6 Å². The fourth-order valence-corrected chi connectivity index (χ4v) is 2.14. The van der Waals surface area contributed by atoms with Crippen molar-refractivity contribution in [2.45, 2.75) is 6.42 Å². The summed E-state index contributed by atoms with van der Waals surface area (Å²) >= 11 is 0. The number of carbonyl (C=O) groups is 1. The monoisotopic (exact) mass is 275 g/mol. The molecule has 0 fully saturated rings. The predicted octanol–water partition coefficient (Wildman–Crippen LogP) is 2.79. The maximum Gasteiger partial charge on any atom is 0.228 e. The van der Waals surface area contributed by atoms with Crippen LogP contribution in [0.15, 0.2) is 30.3 Å². The standard InChI is InChI=1S/C14H11F2N3O/c15-8-1-2-9(16)12(5-8)18-13-6-11-7(3-10(13)17)4-14(20)19-11/h1-3,5-6,18H,4,17H2,(H,19,20). The van der Waals surface area contributed by atoms with Gasteiger partial charge in [-0.3, -0.25) is 4.79 Å². The number of carbonyl (C=O) groups excluding carboxylic acids is 1. The van der Waals surface area contributed by atoms with Gasteiger partial charge in [-0.05, 0) is 29.8 Å². The molecule has 4 N–H and O–H groups in total. The van der Waals surface area contributed by atoms with Gasteiger partial charge in [0.05, 0.1) is 23.5 Å². The molecule has 0 saturated carbocycles. The highest BCUT2D eigenvalue weighted by atomic mass is 19.1. The fraction of sp³-hybridized carbons (Fsp3) is 0.0714. The molecule has 0 radical (unpaired) electrons. The highest BCUT2D eigenvalue weighted by Crippen LogP contribution is 2.33. The van der Waals surface area contributed by atoms with Gasteiger partial charge in [0.15, 0.2) is 0 Å². The van der Waals surface area contributed by atoms with Crippen LogP contribution in [0.2, 0.25) is 0 Å². The Hall–Kier alpha value is -2.63. The van der Waals surface area contributed by atoms with Crippen LogP contribution >= 0.6 is 0 Å². The molecule has 1 heterocycles. The van der Waals surface area contributed by atoms with Crippen LogP contribution in [0.5, 0.6) is 0 Å². The lowest BCUT2D eigenvalue weighted by atomic mass is 10.1. The highest BCUT2D eigenvalue weighted by molar-refractivity contribution is 6.01. The van der Waals surface area contributed by atoms with Crippen LogP contribution < -0.4 is 16.4 Å². The normalized spacial score (nSPS) is 13.0. The SMILES string of the molecule is Nc1cc2c(cc1Nc1cc(F)ccc1F)NC(=O)C2. The number of halogens is 2. The molecule has 0 bridgehead atoms. The van der Waals surface area contributed by atoms with Crippen LogP contribution in [0.3, 0.4) is 0 Å². The van der Waals surface area contributed by atoms with Crippen LogP contribution in [0.4, 0.5) is 31.5 Å². The molecule has 3 rings (SSSR count). The highest BCUT2D eigenvalue weighted by Gasteiger charge is 2.19. The van der Waals surface area contributed by atoms with E-state index < -0.39 is 11.6 Å². The molecule has 1 amide bonds. The van der Waals surface area contributed by atoms with E-state index in [0.29, 0.717) is 17.1 Å². The van der Waals surface area contributed by atoms with Crippen molar-refractivity contribution in [3.8, 4) is 0 Å². The summed E-state index contributed by atoms with van der Waals surface area (Å²) < 4.78 is 26.7. The first kappa shape index (κ1) is 12.4. The van der Waals surface area contributed by atoms with Gasteiger partial charge in [-0.2, -0.15) is 0 Å². The Morgan fingerprint density at radius 1 is 1.15 bits per heavy atom. The number of fused-ring (bicyclic) bond motifs is 1. The molecule has 2 aromatic rings. The molecular weight excluding hydrogens is 264 g/mol. The van der Waals surface area contributed by atoms with Crippen molar-refractivity contribution >= 4 is 28.7 Å². The molecule has 0 aromatic heterocycles. The minimum atomic E-state index is -0.588. The zero-order valence-corrected chi connectivity index (χ0v) is 10.3. The van der Waals surface area contributed by atoms with Gasteiger partial charge in [0.1, 0.15) is 11.6 Å². The lowest BCUT2D eigenvalue weighted by Gasteiger charge is -2.12. The van der Waals surface area contributed by atoms with Gasteiger partial charge in [-0.15, -0.1) is 0 Å². The summed E-state index contributed by atoms with van der Waals surface area (Å²) in [5.74, 6) is -1.26. The minimum Gasteiger partial charge on any atom is -0.397 e. The summed E-state index contributed by atoms with van der Waals surface area (Å²) in [5.41, 5.74) is 8.04. The Morgan fingerprint density at radius 3 is 2.75 bits per heavy atom. The molecule has 0 saturated heterocycles. The second-order valence-corrected chi connectivity index (χ2v) is 4.57. The van der Waals surface area contributed by atoms with Gasteiger partial charge < -0.3 is 16.4 Å². The second-order valence-electron chi connectivity index (χ2n) is 4.57. The zero-order chi connectivity index (χ0) is 14.3. The third-order valence-electron chi connectivity index (χ3n) is 3.10. The topological polar surface area (TPSA) is 67.2 Å². The van der Waals surface area contributed by atoms with Crippen molar-refractivity contribution in [2.75, 3.05) is 16.4 Å². The Morgan fingerprint density at radius 2 is 1.95 bits per heavy atom. The lowest BCUT2D eigenvalue weighted by Crippen LogP contribution is -2.03. The molecule has 4 nitrogen and oxygen atoms in total. The second kappa shape index (κ2) is 4.48. The third kappa shape index (κ3) is 2.16. The van der Waals surface area contributed by atoms with E-state index in [0.717, 1.165) is 23.8 Å². The van der Waals surface area contributed by atoms with Crippen molar-refractivity contribution in [3.63, 3.8) is 0 Å². The van der Waals surface area contributed by atoms with E-state index in [1.165, 1.54) is 0 Å². The Balaban J connectivity index is 1.97. The first-order valence-electron chi connectivity index (χ1n) is 5.97. The molecule has 0 spiro atoms.